The standard InChI is InChI=1S/C42H34N4O4S/c1-31-13-21-41(22-14-31)51(47,48)42-23-19-38(20-24-42)50-40-12-4-8-35(28-40)46(37-10-6-26-44-30-37)33-17-15-32(16-18-33)45(36-9-5-25-43-29-36)34-7-3-11-39(27-34)49-2/h3-30H,1-2H3. The number of hydrogen-bond donors (Lipinski definition) is 0. The molecule has 0 saturated heterocycles. The Morgan fingerprint density at radius 3 is 1.45 bits per heavy atom. The van der Waals surface area contributed by atoms with E-state index in [0.29, 0.717) is 11.5 Å². The first-order chi connectivity index (χ1) is 24.9. The third-order valence-corrected chi connectivity index (χ3v) is 10.0. The summed E-state index contributed by atoms with van der Waals surface area (Å²) in [4.78, 5) is 13.4. The van der Waals surface area contributed by atoms with Crippen molar-refractivity contribution in [3.63, 3.8) is 0 Å². The number of aromatic nitrogens is 2. The van der Waals surface area contributed by atoms with Gasteiger partial charge in [-0.1, -0.05) is 29.8 Å². The number of pyridine rings is 2. The van der Waals surface area contributed by atoms with E-state index in [-0.39, 0.29) is 9.79 Å². The lowest BCUT2D eigenvalue weighted by molar-refractivity contribution is 0.415. The van der Waals surface area contributed by atoms with Gasteiger partial charge in [-0.05, 0) is 116 Å². The molecular weight excluding hydrogens is 657 g/mol. The van der Waals surface area contributed by atoms with Crippen LogP contribution in [0.25, 0.3) is 0 Å². The van der Waals surface area contributed by atoms with Gasteiger partial charge in [0, 0.05) is 47.3 Å². The molecule has 2 aromatic heterocycles. The third-order valence-electron chi connectivity index (χ3n) is 8.26. The Balaban J connectivity index is 1.19. The fourth-order valence-electron chi connectivity index (χ4n) is 5.73. The zero-order valence-corrected chi connectivity index (χ0v) is 28.8. The predicted molar refractivity (Wildman–Crippen MR) is 201 cm³/mol. The molecule has 8 nitrogen and oxygen atoms in total. The highest BCUT2D eigenvalue weighted by molar-refractivity contribution is 7.91. The maximum atomic E-state index is 13.2. The first-order valence-electron chi connectivity index (χ1n) is 16.2. The number of anilines is 6. The summed E-state index contributed by atoms with van der Waals surface area (Å²) in [5.74, 6) is 1.86. The molecule has 0 amide bonds. The number of sulfone groups is 1. The number of nitrogens with zero attached hydrogens (tertiary/aromatic N) is 4. The highest BCUT2D eigenvalue weighted by Crippen LogP contribution is 2.40. The van der Waals surface area contributed by atoms with Gasteiger partial charge in [0.25, 0.3) is 0 Å². The molecule has 0 spiro atoms. The van der Waals surface area contributed by atoms with Gasteiger partial charge < -0.3 is 19.3 Å². The maximum absolute atomic E-state index is 13.2. The lowest BCUT2D eigenvalue weighted by atomic mass is 10.1. The van der Waals surface area contributed by atoms with Crippen LogP contribution in [0.15, 0.2) is 180 Å². The van der Waals surface area contributed by atoms with Gasteiger partial charge in [-0.3, -0.25) is 9.97 Å². The van der Waals surface area contributed by atoms with E-state index >= 15 is 0 Å². The van der Waals surface area contributed by atoms with Gasteiger partial charge in [-0.25, -0.2) is 8.42 Å². The first kappa shape index (κ1) is 33.1. The van der Waals surface area contributed by atoms with E-state index in [1.807, 2.05) is 92.1 Å². The minimum atomic E-state index is -3.65. The van der Waals surface area contributed by atoms with Crippen molar-refractivity contribution >= 4 is 44.0 Å². The highest BCUT2D eigenvalue weighted by Gasteiger charge is 2.19. The average molecular weight is 691 g/mol. The average Bonchev–Trinajstić information content (AvgIpc) is 3.17. The summed E-state index contributed by atoms with van der Waals surface area (Å²) < 4.78 is 38.1. The van der Waals surface area contributed by atoms with Gasteiger partial charge in [0.05, 0.1) is 40.7 Å². The van der Waals surface area contributed by atoms with E-state index in [1.165, 1.54) is 0 Å². The lowest BCUT2D eigenvalue weighted by Crippen LogP contribution is -2.12. The van der Waals surface area contributed by atoms with Gasteiger partial charge in [0.1, 0.15) is 17.2 Å². The maximum Gasteiger partial charge on any atom is 0.206 e. The molecule has 7 aromatic rings. The molecule has 0 aliphatic rings. The van der Waals surface area contributed by atoms with Crippen LogP contribution in [0.4, 0.5) is 34.1 Å². The first-order valence-corrected chi connectivity index (χ1v) is 17.7. The van der Waals surface area contributed by atoms with E-state index < -0.39 is 9.84 Å². The minimum absolute atomic E-state index is 0.201. The smallest absolute Gasteiger partial charge is 0.206 e. The van der Waals surface area contributed by atoms with Crippen molar-refractivity contribution < 1.29 is 17.9 Å². The predicted octanol–water partition coefficient (Wildman–Crippen LogP) is 10.4. The molecular formula is C42H34N4O4S. The Hall–Kier alpha value is -6.45. The van der Waals surface area contributed by atoms with E-state index in [4.69, 9.17) is 9.47 Å². The Morgan fingerprint density at radius 1 is 0.490 bits per heavy atom. The fraction of sp³-hybridized carbons (Fsp3) is 0.0476. The van der Waals surface area contributed by atoms with Gasteiger partial charge in [0.15, 0.2) is 0 Å². The molecule has 51 heavy (non-hydrogen) atoms. The molecule has 0 atom stereocenters. The van der Waals surface area contributed by atoms with E-state index in [9.17, 15) is 8.42 Å². The molecule has 0 saturated carbocycles. The van der Waals surface area contributed by atoms with Crippen LogP contribution >= 0.6 is 0 Å². The molecule has 5 aromatic carbocycles. The summed E-state index contributed by atoms with van der Waals surface area (Å²) in [5.41, 5.74) is 6.41. The van der Waals surface area contributed by atoms with Gasteiger partial charge in [-0.15, -0.1) is 0 Å². The molecule has 0 aliphatic heterocycles. The fourth-order valence-corrected chi connectivity index (χ4v) is 6.99. The quantitative estimate of drug-likeness (QED) is 0.133. The normalized spacial score (nSPS) is 11.1. The summed E-state index contributed by atoms with van der Waals surface area (Å²) in [7, 11) is -1.99. The molecule has 0 unspecified atom stereocenters. The van der Waals surface area contributed by atoms with Crippen molar-refractivity contribution in [2.45, 2.75) is 16.7 Å². The highest BCUT2D eigenvalue weighted by atomic mass is 32.2. The summed E-state index contributed by atoms with van der Waals surface area (Å²) in [6.07, 6.45) is 7.14. The Labute approximate surface area is 297 Å². The molecule has 0 aliphatic carbocycles. The summed E-state index contributed by atoms with van der Waals surface area (Å²) in [6.45, 7) is 1.92. The summed E-state index contributed by atoms with van der Waals surface area (Å²) in [6, 6.07) is 45.0. The van der Waals surface area contributed by atoms with Crippen molar-refractivity contribution in [2.24, 2.45) is 0 Å². The third kappa shape index (κ3) is 7.29. The Kier molecular flexibility index (Phi) is 9.45. The number of rotatable bonds is 11. The molecule has 2 heterocycles. The van der Waals surface area contributed by atoms with Crippen LogP contribution in [0.2, 0.25) is 0 Å². The van der Waals surface area contributed by atoms with Crippen molar-refractivity contribution in [1.82, 2.24) is 9.97 Å². The summed E-state index contributed by atoms with van der Waals surface area (Å²) in [5, 5.41) is 0. The minimum Gasteiger partial charge on any atom is -0.497 e. The van der Waals surface area contributed by atoms with Crippen LogP contribution in [0.1, 0.15) is 5.56 Å². The van der Waals surface area contributed by atoms with Gasteiger partial charge in [-0.2, -0.15) is 0 Å². The second kappa shape index (κ2) is 14.6. The molecule has 7 rings (SSSR count). The van der Waals surface area contributed by atoms with Crippen LogP contribution < -0.4 is 19.3 Å². The Bertz CT molecular complexity index is 2340. The van der Waals surface area contributed by atoms with Crippen LogP contribution in [0, 0.1) is 6.92 Å². The topological polar surface area (TPSA) is 84.9 Å². The Morgan fingerprint density at radius 2 is 0.961 bits per heavy atom. The molecule has 252 valence electrons. The largest absolute Gasteiger partial charge is 0.497 e. The zero-order chi connectivity index (χ0) is 35.2. The van der Waals surface area contributed by atoms with Crippen LogP contribution in [0.5, 0.6) is 17.2 Å². The van der Waals surface area contributed by atoms with Crippen LogP contribution in [0.3, 0.4) is 0 Å². The van der Waals surface area contributed by atoms with E-state index in [2.05, 4.69) is 44.0 Å². The van der Waals surface area contributed by atoms with Crippen molar-refractivity contribution in [3.05, 3.63) is 176 Å². The van der Waals surface area contributed by atoms with Gasteiger partial charge in [0.2, 0.25) is 9.84 Å². The number of aryl methyl sites for hydroxylation is 1. The van der Waals surface area contributed by atoms with Crippen molar-refractivity contribution in [3.8, 4) is 17.2 Å². The zero-order valence-electron chi connectivity index (χ0n) is 28.0. The number of methoxy groups -OCH3 is 1. The second-order valence-corrected chi connectivity index (χ2v) is 13.6. The number of hydrogen-bond acceptors (Lipinski definition) is 8. The van der Waals surface area contributed by atoms with Crippen LogP contribution in [-0.4, -0.2) is 25.5 Å². The monoisotopic (exact) mass is 690 g/mol. The van der Waals surface area contributed by atoms with E-state index in [0.717, 1.165) is 45.4 Å². The number of benzene rings is 5. The molecule has 9 heteroatoms. The molecule has 0 N–H and O–H groups in total. The second-order valence-electron chi connectivity index (χ2n) is 11.7. The van der Waals surface area contributed by atoms with E-state index in [1.54, 1.807) is 68.0 Å². The SMILES string of the molecule is COc1cccc(N(c2ccc(N(c3cccnc3)c3cccc(Oc4ccc(S(=O)(=O)c5ccc(C)cc5)cc4)c3)cc2)c2cccnc2)c1. The van der Waals surface area contributed by atoms with Crippen LogP contribution in [-0.2, 0) is 9.84 Å². The lowest BCUT2D eigenvalue weighted by Gasteiger charge is -2.28. The molecule has 0 fully saturated rings. The molecule has 0 radical (unpaired) electrons. The summed E-state index contributed by atoms with van der Waals surface area (Å²) >= 11 is 0. The van der Waals surface area contributed by atoms with Crippen molar-refractivity contribution in [2.75, 3.05) is 16.9 Å². The molecule has 0 bridgehead atoms. The van der Waals surface area contributed by atoms with Crippen molar-refractivity contribution in [1.29, 1.82) is 0 Å². The number of ether oxygens (including phenoxy) is 2. The van der Waals surface area contributed by atoms with Gasteiger partial charge >= 0.3 is 0 Å².